The van der Waals surface area contributed by atoms with Crippen LogP contribution >= 0.6 is 15.9 Å². The van der Waals surface area contributed by atoms with E-state index in [-0.39, 0.29) is 24.5 Å². The maximum Gasteiger partial charge on any atom is 0.303 e. The molecule has 1 amide bonds. The van der Waals surface area contributed by atoms with Gasteiger partial charge in [0, 0.05) is 42.0 Å². The van der Waals surface area contributed by atoms with Crippen molar-refractivity contribution in [3.8, 4) is 0 Å². The van der Waals surface area contributed by atoms with E-state index in [1.165, 1.54) is 6.92 Å². The first-order chi connectivity index (χ1) is 9.90. The summed E-state index contributed by atoms with van der Waals surface area (Å²) in [4.78, 5) is 35.9. The summed E-state index contributed by atoms with van der Waals surface area (Å²) >= 11 is 3.39. The van der Waals surface area contributed by atoms with Crippen molar-refractivity contribution in [1.82, 2.24) is 0 Å². The normalized spacial score (nSPS) is 13.1. The smallest absolute Gasteiger partial charge is 0.303 e. The highest BCUT2D eigenvalue weighted by Gasteiger charge is 2.25. The van der Waals surface area contributed by atoms with E-state index in [9.17, 15) is 14.4 Å². The molecule has 0 aliphatic carbocycles. The number of hydrogen-bond donors (Lipinski definition) is 1. The Bertz CT molecular complexity index is 612. The monoisotopic (exact) mass is 353 g/mol. The number of hydrogen-bond acceptors (Lipinski definition) is 3. The molecule has 5 nitrogen and oxygen atoms in total. The van der Waals surface area contributed by atoms with Gasteiger partial charge in [-0.2, -0.15) is 0 Å². The number of carbonyl (C=O) groups excluding carboxylic acids is 2. The number of ketones is 1. The second kappa shape index (κ2) is 6.39. The van der Waals surface area contributed by atoms with E-state index in [1.54, 1.807) is 11.0 Å². The number of fused-ring (bicyclic) bond motifs is 1. The Labute approximate surface area is 131 Å². The number of amides is 1. The Morgan fingerprint density at radius 1 is 1.29 bits per heavy atom. The van der Waals surface area contributed by atoms with Crippen LogP contribution in [0.1, 0.15) is 42.1 Å². The predicted octanol–water partition coefficient (Wildman–Crippen LogP) is 2.80. The molecule has 0 saturated heterocycles. The maximum atomic E-state index is 12.2. The lowest BCUT2D eigenvalue weighted by Crippen LogP contribution is -2.25. The molecule has 1 aliphatic heterocycles. The minimum absolute atomic E-state index is 0.0200. The van der Waals surface area contributed by atoms with Gasteiger partial charge in [0.1, 0.15) is 0 Å². The highest BCUT2D eigenvalue weighted by Crippen LogP contribution is 2.34. The van der Waals surface area contributed by atoms with Crippen molar-refractivity contribution < 1.29 is 19.5 Å². The lowest BCUT2D eigenvalue weighted by molar-refractivity contribution is -0.137. The van der Waals surface area contributed by atoms with Crippen molar-refractivity contribution in [2.45, 2.75) is 32.6 Å². The van der Waals surface area contributed by atoms with Crippen molar-refractivity contribution in [2.24, 2.45) is 0 Å². The Kier molecular flexibility index (Phi) is 4.77. The summed E-state index contributed by atoms with van der Waals surface area (Å²) in [5, 5.41) is 8.61. The number of carboxylic acid groups (broad SMARTS) is 1. The fourth-order valence-corrected chi connectivity index (χ4v) is 3.09. The minimum atomic E-state index is -0.904. The van der Waals surface area contributed by atoms with E-state index < -0.39 is 5.97 Å². The summed E-state index contributed by atoms with van der Waals surface area (Å²) in [6, 6.07) is 3.61. The first-order valence-electron chi connectivity index (χ1n) is 6.75. The second-order valence-electron chi connectivity index (χ2n) is 5.05. The molecule has 21 heavy (non-hydrogen) atoms. The quantitative estimate of drug-likeness (QED) is 0.825. The third-order valence-corrected chi connectivity index (χ3v) is 4.19. The van der Waals surface area contributed by atoms with Gasteiger partial charge in [-0.3, -0.25) is 14.4 Å². The molecule has 6 heteroatoms. The first-order valence-corrected chi connectivity index (χ1v) is 7.55. The Balaban J connectivity index is 2.21. The van der Waals surface area contributed by atoms with E-state index in [4.69, 9.17) is 5.11 Å². The zero-order valence-electron chi connectivity index (χ0n) is 11.7. The van der Waals surface area contributed by atoms with Gasteiger partial charge < -0.3 is 10.0 Å². The second-order valence-corrected chi connectivity index (χ2v) is 5.91. The van der Waals surface area contributed by atoms with Gasteiger partial charge in [-0.15, -0.1) is 0 Å². The number of nitrogens with zero attached hydrogens (tertiary/aromatic N) is 1. The van der Waals surface area contributed by atoms with Gasteiger partial charge in [0.2, 0.25) is 5.91 Å². The molecule has 0 spiro atoms. The van der Waals surface area contributed by atoms with Crippen LogP contribution in [0.5, 0.6) is 0 Å². The van der Waals surface area contributed by atoms with Crippen molar-refractivity contribution in [2.75, 3.05) is 11.4 Å². The number of Topliss-reactive ketones (excluding diaryl/α,β-unsaturated/α-hetero) is 1. The molecule has 1 N–H and O–H groups in total. The number of carbonyl (C=O) groups is 3. The largest absolute Gasteiger partial charge is 0.481 e. The van der Waals surface area contributed by atoms with Crippen LogP contribution in [-0.4, -0.2) is 29.3 Å². The van der Waals surface area contributed by atoms with Crippen molar-refractivity contribution in [1.29, 1.82) is 0 Å². The van der Waals surface area contributed by atoms with Crippen LogP contribution in [-0.2, 0) is 16.0 Å². The summed E-state index contributed by atoms with van der Waals surface area (Å²) in [7, 11) is 0. The molecule has 0 radical (unpaired) electrons. The molecule has 0 fully saturated rings. The van der Waals surface area contributed by atoms with Crippen molar-refractivity contribution in [3.63, 3.8) is 0 Å². The van der Waals surface area contributed by atoms with E-state index in [2.05, 4.69) is 15.9 Å². The molecule has 1 heterocycles. The van der Waals surface area contributed by atoms with Gasteiger partial charge in [0.15, 0.2) is 5.78 Å². The topological polar surface area (TPSA) is 74.7 Å². The highest BCUT2D eigenvalue weighted by atomic mass is 79.9. The SMILES string of the molecule is CC(=O)N1CCc2cc(Br)c(C(=O)CCCC(=O)O)cc21. The fraction of sp³-hybridized carbons (Fsp3) is 0.400. The number of benzene rings is 1. The molecule has 0 saturated carbocycles. The average molecular weight is 354 g/mol. The van der Waals surface area contributed by atoms with Crippen LogP contribution in [0.4, 0.5) is 5.69 Å². The molecule has 0 aromatic heterocycles. The third-order valence-electron chi connectivity index (χ3n) is 3.54. The summed E-state index contributed by atoms with van der Waals surface area (Å²) in [5.41, 5.74) is 2.33. The first kappa shape index (κ1) is 15.7. The summed E-state index contributed by atoms with van der Waals surface area (Å²) in [5.74, 6) is -1.06. The standard InChI is InChI=1S/C15H16BrNO4/c1-9(18)17-6-5-10-7-12(16)11(8-13(10)17)14(19)3-2-4-15(20)21/h7-8H,2-6H2,1H3,(H,20,21). The van der Waals surface area contributed by atoms with Crippen LogP contribution < -0.4 is 4.90 Å². The summed E-state index contributed by atoms with van der Waals surface area (Å²) in [6.45, 7) is 2.14. The molecule has 1 aliphatic rings. The molecular weight excluding hydrogens is 338 g/mol. The molecule has 1 aromatic rings. The van der Waals surface area contributed by atoms with Crippen molar-refractivity contribution >= 4 is 39.3 Å². The summed E-state index contributed by atoms with van der Waals surface area (Å²) in [6.07, 6.45) is 1.26. The Morgan fingerprint density at radius 3 is 2.62 bits per heavy atom. The molecule has 112 valence electrons. The van der Waals surface area contributed by atoms with Gasteiger partial charge in [-0.25, -0.2) is 0 Å². The van der Waals surface area contributed by atoms with E-state index in [1.807, 2.05) is 6.07 Å². The number of carboxylic acids is 1. The molecule has 2 rings (SSSR count). The molecule has 0 unspecified atom stereocenters. The average Bonchev–Trinajstić information content (AvgIpc) is 2.79. The Hall–Kier alpha value is -1.69. The van der Waals surface area contributed by atoms with E-state index in [0.717, 1.165) is 17.7 Å². The predicted molar refractivity (Wildman–Crippen MR) is 81.7 cm³/mol. The minimum Gasteiger partial charge on any atom is -0.481 e. The fourth-order valence-electron chi connectivity index (χ4n) is 2.48. The molecule has 0 bridgehead atoms. The van der Waals surface area contributed by atoms with Gasteiger partial charge in [-0.1, -0.05) is 15.9 Å². The highest BCUT2D eigenvalue weighted by molar-refractivity contribution is 9.10. The molecule has 0 atom stereocenters. The molecular formula is C15H16BrNO4. The maximum absolute atomic E-state index is 12.2. The lowest BCUT2D eigenvalue weighted by Gasteiger charge is -2.16. The van der Waals surface area contributed by atoms with Crippen LogP contribution in [0, 0.1) is 0 Å². The summed E-state index contributed by atoms with van der Waals surface area (Å²) < 4.78 is 0.701. The number of rotatable bonds is 5. The number of aliphatic carboxylic acids is 1. The van der Waals surface area contributed by atoms with Crippen LogP contribution in [0.3, 0.4) is 0 Å². The van der Waals surface area contributed by atoms with Crippen LogP contribution in [0.25, 0.3) is 0 Å². The van der Waals surface area contributed by atoms with Gasteiger partial charge in [0.25, 0.3) is 0 Å². The molecule has 1 aromatic carbocycles. The Morgan fingerprint density at radius 2 is 2.00 bits per heavy atom. The van der Waals surface area contributed by atoms with Gasteiger partial charge in [0.05, 0.1) is 0 Å². The lowest BCUT2D eigenvalue weighted by atomic mass is 10.0. The third kappa shape index (κ3) is 3.50. The van der Waals surface area contributed by atoms with Gasteiger partial charge in [-0.05, 0) is 30.5 Å². The van der Waals surface area contributed by atoms with Crippen molar-refractivity contribution in [3.05, 3.63) is 27.7 Å². The number of halogens is 1. The van der Waals surface area contributed by atoms with Crippen LogP contribution in [0.2, 0.25) is 0 Å². The zero-order chi connectivity index (χ0) is 15.6. The van der Waals surface area contributed by atoms with E-state index >= 15 is 0 Å². The zero-order valence-corrected chi connectivity index (χ0v) is 13.3. The van der Waals surface area contributed by atoms with Gasteiger partial charge >= 0.3 is 5.97 Å². The number of anilines is 1. The van der Waals surface area contributed by atoms with Crippen LogP contribution in [0.15, 0.2) is 16.6 Å². The van der Waals surface area contributed by atoms with E-state index in [0.29, 0.717) is 23.0 Å².